The first kappa shape index (κ1) is 24.3. The number of amides is 2. The lowest BCUT2D eigenvalue weighted by atomic mass is 10.2. The van der Waals surface area contributed by atoms with Crippen LogP contribution in [0.15, 0.2) is 36.4 Å². The Balaban J connectivity index is 1.61. The summed E-state index contributed by atoms with van der Waals surface area (Å²) in [4.78, 5) is 26.3. The molecule has 0 radical (unpaired) electrons. The Morgan fingerprint density at radius 1 is 0.970 bits per heavy atom. The summed E-state index contributed by atoms with van der Waals surface area (Å²) in [5, 5.41) is 13.2. The lowest BCUT2D eigenvalue weighted by molar-refractivity contribution is -0.117. The SMILES string of the molecule is CCCN(CC(=O)Nc1ccc(F)c(F)c1F)Cc1nnc(C(=O)Nc2ccc(F)cc2)s1. The van der Waals surface area contributed by atoms with Gasteiger partial charge in [-0.2, -0.15) is 0 Å². The zero-order chi connectivity index (χ0) is 24.0. The molecule has 3 rings (SSSR count). The molecule has 1 aromatic heterocycles. The van der Waals surface area contributed by atoms with E-state index in [1.165, 1.54) is 24.3 Å². The third kappa shape index (κ3) is 6.56. The van der Waals surface area contributed by atoms with Gasteiger partial charge in [-0.1, -0.05) is 18.3 Å². The average Bonchev–Trinajstić information content (AvgIpc) is 3.24. The highest BCUT2D eigenvalue weighted by atomic mass is 32.1. The first-order chi connectivity index (χ1) is 15.8. The summed E-state index contributed by atoms with van der Waals surface area (Å²) in [5.74, 6) is -6.08. The first-order valence-electron chi connectivity index (χ1n) is 9.81. The molecule has 0 saturated heterocycles. The molecule has 0 aliphatic rings. The third-order valence-corrected chi connectivity index (χ3v) is 5.25. The van der Waals surface area contributed by atoms with Crippen LogP contribution in [0.5, 0.6) is 0 Å². The van der Waals surface area contributed by atoms with Crippen molar-refractivity contribution in [2.24, 2.45) is 0 Å². The van der Waals surface area contributed by atoms with Crippen LogP contribution in [0, 0.1) is 23.3 Å². The number of rotatable bonds is 9. The summed E-state index contributed by atoms with van der Waals surface area (Å²) in [6.07, 6.45) is 0.684. The van der Waals surface area contributed by atoms with Crippen molar-refractivity contribution in [3.8, 4) is 0 Å². The van der Waals surface area contributed by atoms with Gasteiger partial charge < -0.3 is 10.6 Å². The molecule has 2 N–H and O–H groups in total. The van der Waals surface area contributed by atoms with Gasteiger partial charge in [0.2, 0.25) is 10.9 Å². The highest BCUT2D eigenvalue weighted by Crippen LogP contribution is 2.20. The van der Waals surface area contributed by atoms with Crippen LogP contribution < -0.4 is 10.6 Å². The highest BCUT2D eigenvalue weighted by molar-refractivity contribution is 7.13. The topological polar surface area (TPSA) is 87.2 Å². The van der Waals surface area contributed by atoms with E-state index in [-0.39, 0.29) is 18.1 Å². The van der Waals surface area contributed by atoms with E-state index >= 15 is 0 Å². The number of hydrogen-bond donors (Lipinski definition) is 2. The molecule has 12 heteroatoms. The van der Waals surface area contributed by atoms with Gasteiger partial charge in [-0.05, 0) is 49.4 Å². The van der Waals surface area contributed by atoms with Gasteiger partial charge in [-0.3, -0.25) is 14.5 Å². The number of hydrogen-bond acceptors (Lipinski definition) is 6. The van der Waals surface area contributed by atoms with Crippen LogP contribution in [-0.2, 0) is 11.3 Å². The molecule has 33 heavy (non-hydrogen) atoms. The van der Waals surface area contributed by atoms with E-state index in [1.54, 1.807) is 4.90 Å². The van der Waals surface area contributed by atoms with E-state index in [2.05, 4.69) is 20.8 Å². The smallest absolute Gasteiger partial charge is 0.286 e. The molecule has 0 spiro atoms. The Bertz CT molecular complexity index is 1140. The molecule has 0 fully saturated rings. The van der Waals surface area contributed by atoms with Crippen LogP contribution in [0.25, 0.3) is 0 Å². The Hall–Kier alpha value is -3.38. The fourth-order valence-electron chi connectivity index (χ4n) is 2.86. The highest BCUT2D eigenvalue weighted by Gasteiger charge is 2.19. The molecule has 0 unspecified atom stereocenters. The second kappa shape index (κ2) is 11.0. The standard InChI is InChI=1S/C21H19F4N5O2S/c1-2-9-30(10-16(31)27-15-8-7-14(23)18(24)19(15)25)11-17-28-29-21(33-17)20(32)26-13-5-3-12(22)4-6-13/h3-8H,2,9-11H2,1H3,(H,26,32)(H,27,31). The molecule has 1 heterocycles. The zero-order valence-corrected chi connectivity index (χ0v) is 18.2. The van der Waals surface area contributed by atoms with Crippen molar-refractivity contribution in [2.75, 3.05) is 23.7 Å². The predicted octanol–water partition coefficient (Wildman–Crippen LogP) is 4.20. The van der Waals surface area contributed by atoms with Crippen LogP contribution in [0.3, 0.4) is 0 Å². The van der Waals surface area contributed by atoms with Crippen LogP contribution >= 0.6 is 11.3 Å². The van der Waals surface area contributed by atoms with Crippen molar-refractivity contribution in [1.82, 2.24) is 15.1 Å². The number of anilines is 2. The molecule has 7 nitrogen and oxygen atoms in total. The summed E-state index contributed by atoms with van der Waals surface area (Å²) in [6, 6.07) is 6.89. The maximum Gasteiger partial charge on any atom is 0.286 e. The van der Waals surface area contributed by atoms with Gasteiger partial charge in [0.15, 0.2) is 17.5 Å². The van der Waals surface area contributed by atoms with Gasteiger partial charge in [-0.25, -0.2) is 17.6 Å². The maximum atomic E-state index is 13.8. The number of carbonyl (C=O) groups is 2. The Labute approximate surface area is 190 Å². The number of carbonyl (C=O) groups excluding carboxylic acids is 2. The van der Waals surface area contributed by atoms with Crippen molar-refractivity contribution < 1.29 is 27.2 Å². The molecule has 174 valence electrons. The quantitative estimate of drug-likeness (QED) is 0.353. The molecule has 3 aromatic rings. The van der Waals surface area contributed by atoms with E-state index in [0.717, 1.165) is 23.5 Å². The molecular formula is C21H19F4N5O2S. The second-order valence-electron chi connectivity index (χ2n) is 6.94. The minimum atomic E-state index is -1.67. The molecule has 0 saturated carbocycles. The molecule has 2 amide bonds. The summed E-state index contributed by atoms with van der Waals surface area (Å²) in [6.45, 7) is 2.37. The third-order valence-electron chi connectivity index (χ3n) is 4.34. The summed E-state index contributed by atoms with van der Waals surface area (Å²) < 4.78 is 53.2. The van der Waals surface area contributed by atoms with Crippen molar-refractivity contribution in [3.63, 3.8) is 0 Å². The Morgan fingerprint density at radius 3 is 2.39 bits per heavy atom. The average molecular weight is 481 g/mol. The van der Waals surface area contributed by atoms with Crippen LogP contribution in [0.1, 0.15) is 28.2 Å². The Morgan fingerprint density at radius 2 is 1.70 bits per heavy atom. The minimum absolute atomic E-state index is 0.0825. The fraction of sp³-hybridized carbons (Fsp3) is 0.238. The lowest BCUT2D eigenvalue weighted by Gasteiger charge is -2.19. The number of nitrogens with zero attached hydrogens (tertiary/aromatic N) is 3. The molecule has 0 aliphatic heterocycles. The van der Waals surface area contributed by atoms with Crippen LogP contribution in [-0.4, -0.2) is 40.0 Å². The van der Waals surface area contributed by atoms with Crippen molar-refractivity contribution in [3.05, 3.63) is 69.7 Å². The van der Waals surface area contributed by atoms with Gasteiger partial charge in [-0.15, -0.1) is 10.2 Å². The zero-order valence-electron chi connectivity index (χ0n) is 17.4. The van der Waals surface area contributed by atoms with Crippen molar-refractivity contribution in [1.29, 1.82) is 0 Å². The largest absolute Gasteiger partial charge is 0.322 e. The van der Waals surface area contributed by atoms with E-state index in [0.29, 0.717) is 23.7 Å². The molecular weight excluding hydrogens is 462 g/mol. The second-order valence-corrected chi connectivity index (χ2v) is 8.01. The van der Waals surface area contributed by atoms with Gasteiger partial charge in [0, 0.05) is 5.69 Å². The summed E-state index contributed by atoms with van der Waals surface area (Å²) in [5.41, 5.74) is -0.0714. The number of halogens is 4. The monoisotopic (exact) mass is 481 g/mol. The lowest BCUT2D eigenvalue weighted by Crippen LogP contribution is -2.33. The summed E-state index contributed by atoms with van der Waals surface area (Å²) in [7, 11) is 0. The first-order valence-corrected chi connectivity index (χ1v) is 10.6. The van der Waals surface area contributed by atoms with E-state index in [1.807, 2.05) is 6.92 Å². The van der Waals surface area contributed by atoms with E-state index in [4.69, 9.17) is 0 Å². The van der Waals surface area contributed by atoms with Gasteiger partial charge in [0.05, 0.1) is 18.8 Å². The van der Waals surface area contributed by atoms with Crippen molar-refractivity contribution in [2.45, 2.75) is 19.9 Å². The number of aromatic nitrogens is 2. The minimum Gasteiger partial charge on any atom is -0.322 e. The van der Waals surface area contributed by atoms with Crippen molar-refractivity contribution >= 4 is 34.5 Å². The molecule has 0 atom stereocenters. The van der Waals surface area contributed by atoms with Gasteiger partial charge >= 0.3 is 0 Å². The maximum absolute atomic E-state index is 13.8. The normalized spacial score (nSPS) is 11.0. The van der Waals surface area contributed by atoms with E-state index < -0.39 is 40.8 Å². The van der Waals surface area contributed by atoms with E-state index in [9.17, 15) is 27.2 Å². The molecule has 0 bridgehead atoms. The number of nitrogens with one attached hydrogen (secondary N) is 2. The summed E-state index contributed by atoms with van der Waals surface area (Å²) >= 11 is 1.02. The predicted molar refractivity (Wildman–Crippen MR) is 115 cm³/mol. The van der Waals surface area contributed by atoms with Crippen LogP contribution in [0.4, 0.5) is 28.9 Å². The van der Waals surface area contributed by atoms with Crippen LogP contribution in [0.2, 0.25) is 0 Å². The Kier molecular flexibility index (Phi) is 8.06. The van der Waals surface area contributed by atoms with Gasteiger partial charge in [0.1, 0.15) is 10.8 Å². The fourth-order valence-corrected chi connectivity index (χ4v) is 3.64. The number of benzene rings is 2. The van der Waals surface area contributed by atoms with Gasteiger partial charge in [0.25, 0.3) is 5.91 Å². The molecule has 0 aliphatic carbocycles. The molecule has 2 aromatic carbocycles.